The van der Waals surface area contributed by atoms with Gasteiger partial charge in [0.25, 0.3) is 0 Å². The Bertz CT molecular complexity index is 981. The second-order valence-corrected chi connectivity index (χ2v) is 8.56. The Kier molecular flexibility index (Phi) is 8.25. The highest BCUT2D eigenvalue weighted by Crippen LogP contribution is 2.36. The number of amides is 1. The molecule has 0 heterocycles. The summed E-state index contributed by atoms with van der Waals surface area (Å²) in [5.74, 6) is -0.417. The van der Waals surface area contributed by atoms with Crippen LogP contribution >= 0.6 is 0 Å². The standard InChI is InChI=1S/C25H32FNO5/c1-8-31-21(28)14-19(27-24(29)32-25(4,5)6)18-13-17(12-16(3)23(18)26)22-15(2)10-9-11-20(22)30-7/h9-13,19H,8,14H2,1-7H3,(H,27,29)/t19-/m0/s1. The topological polar surface area (TPSA) is 73.9 Å². The molecule has 0 fully saturated rings. The van der Waals surface area contributed by atoms with Crippen molar-refractivity contribution in [3.05, 3.63) is 52.8 Å². The number of carbonyl (C=O) groups is 2. The number of nitrogens with one attached hydrogen (secondary N) is 1. The fourth-order valence-corrected chi connectivity index (χ4v) is 3.45. The molecule has 0 saturated heterocycles. The van der Waals surface area contributed by atoms with Crippen molar-refractivity contribution in [2.24, 2.45) is 0 Å². The minimum Gasteiger partial charge on any atom is -0.496 e. The van der Waals surface area contributed by atoms with Crippen LogP contribution in [0.3, 0.4) is 0 Å². The molecule has 2 rings (SSSR count). The minimum absolute atomic E-state index is 0.171. The van der Waals surface area contributed by atoms with Crippen LogP contribution in [-0.2, 0) is 14.3 Å². The predicted molar refractivity (Wildman–Crippen MR) is 121 cm³/mol. The highest BCUT2D eigenvalue weighted by atomic mass is 19.1. The molecule has 0 saturated carbocycles. The molecule has 1 amide bonds. The van der Waals surface area contributed by atoms with Crippen LogP contribution in [0.5, 0.6) is 5.75 Å². The highest BCUT2D eigenvalue weighted by Gasteiger charge is 2.27. The van der Waals surface area contributed by atoms with Crippen LogP contribution in [0.2, 0.25) is 0 Å². The maximum absolute atomic E-state index is 15.3. The molecule has 0 aliphatic heterocycles. The molecule has 1 N–H and O–H groups in total. The highest BCUT2D eigenvalue weighted by molar-refractivity contribution is 5.77. The lowest BCUT2D eigenvalue weighted by Crippen LogP contribution is -2.36. The van der Waals surface area contributed by atoms with E-state index in [0.717, 1.165) is 11.1 Å². The van der Waals surface area contributed by atoms with E-state index in [-0.39, 0.29) is 18.6 Å². The van der Waals surface area contributed by atoms with Crippen LogP contribution in [0.1, 0.15) is 56.8 Å². The van der Waals surface area contributed by atoms with Gasteiger partial charge in [0, 0.05) is 11.1 Å². The van der Waals surface area contributed by atoms with E-state index >= 15 is 4.39 Å². The van der Waals surface area contributed by atoms with Crippen LogP contribution < -0.4 is 10.1 Å². The lowest BCUT2D eigenvalue weighted by molar-refractivity contribution is -0.143. The van der Waals surface area contributed by atoms with E-state index in [1.807, 2.05) is 25.1 Å². The summed E-state index contributed by atoms with van der Waals surface area (Å²) >= 11 is 0. The van der Waals surface area contributed by atoms with Gasteiger partial charge in [-0.3, -0.25) is 4.79 Å². The summed E-state index contributed by atoms with van der Waals surface area (Å²) in [5.41, 5.74) is 2.28. The summed E-state index contributed by atoms with van der Waals surface area (Å²) in [6, 6.07) is 8.02. The van der Waals surface area contributed by atoms with Crippen molar-refractivity contribution in [2.75, 3.05) is 13.7 Å². The number of methoxy groups -OCH3 is 1. The van der Waals surface area contributed by atoms with Crippen molar-refractivity contribution in [3.63, 3.8) is 0 Å². The van der Waals surface area contributed by atoms with Crippen LogP contribution in [-0.4, -0.2) is 31.4 Å². The zero-order valence-electron chi connectivity index (χ0n) is 19.8. The van der Waals surface area contributed by atoms with Gasteiger partial charge in [0.1, 0.15) is 17.2 Å². The Labute approximate surface area is 189 Å². The third-order valence-electron chi connectivity index (χ3n) is 4.77. The van der Waals surface area contributed by atoms with Crippen molar-refractivity contribution in [3.8, 4) is 16.9 Å². The Morgan fingerprint density at radius 2 is 1.81 bits per heavy atom. The first-order valence-corrected chi connectivity index (χ1v) is 10.6. The number of alkyl carbamates (subject to hydrolysis) is 1. The summed E-state index contributed by atoms with van der Waals surface area (Å²) in [5, 5.41) is 2.64. The van der Waals surface area contributed by atoms with Gasteiger partial charge < -0.3 is 19.5 Å². The Balaban J connectivity index is 2.57. The van der Waals surface area contributed by atoms with Gasteiger partial charge in [-0.05, 0) is 76.4 Å². The number of esters is 1. The van der Waals surface area contributed by atoms with Crippen LogP contribution in [0.25, 0.3) is 11.1 Å². The van der Waals surface area contributed by atoms with E-state index in [9.17, 15) is 9.59 Å². The normalized spacial score (nSPS) is 12.1. The molecule has 1 atom stereocenters. The minimum atomic E-state index is -0.974. The summed E-state index contributed by atoms with van der Waals surface area (Å²) in [7, 11) is 1.57. The second-order valence-electron chi connectivity index (χ2n) is 8.56. The number of aryl methyl sites for hydroxylation is 2. The Morgan fingerprint density at radius 1 is 1.12 bits per heavy atom. The van der Waals surface area contributed by atoms with E-state index in [0.29, 0.717) is 16.9 Å². The van der Waals surface area contributed by atoms with E-state index in [4.69, 9.17) is 14.2 Å². The molecule has 0 aromatic heterocycles. The van der Waals surface area contributed by atoms with Crippen molar-refractivity contribution < 1.29 is 28.2 Å². The molecule has 0 bridgehead atoms. The van der Waals surface area contributed by atoms with Crippen molar-refractivity contribution in [1.29, 1.82) is 0 Å². The van der Waals surface area contributed by atoms with Gasteiger partial charge >= 0.3 is 12.1 Å². The van der Waals surface area contributed by atoms with Gasteiger partial charge in [0.15, 0.2) is 0 Å². The van der Waals surface area contributed by atoms with Gasteiger partial charge in [0.2, 0.25) is 0 Å². The molecule has 0 radical (unpaired) electrons. The van der Waals surface area contributed by atoms with Crippen LogP contribution in [0, 0.1) is 19.7 Å². The first kappa shape index (κ1) is 25.2. The number of hydrogen-bond donors (Lipinski definition) is 1. The first-order valence-electron chi connectivity index (χ1n) is 10.6. The van der Waals surface area contributed by atoms with Gasteiger partial charge in [-0.2, -0.15) is 0 Å². The van der Waals surface area contributed by atoms with E-state index < -0.39 is 29.5 Å². The smallest absolute Gasteiger partial charge is 0.408 e. The molecule has 6 nitrogen and oxygen atoms in total. The number of benzene rings is 2. The molecule has 0 aliphatic carbocycles. The van der Waals surface area contributed by atoms with Gasteiger partial charge in [-0.25, -0.2) is 9.18 Å². The SMILES string of the molecule is CCOC(=O)C[C@H](NC(=O)OC(C)(C)C)c1cc(-c2c(C)cccc2OC)cc(C)c1F. The third kappa shape index (κ3) is 6.45. The zero-order chi connectivity index (χ0) is 24.1. The summed E-state index contributed by atoms with van der Waals surface area (Å²) in [4.78, 5) is 24.7. The summed E-state index contributed by atoms with van der Waals surface area (Å²) in [6.45, 7) is 10.6. The lowest BCUT2D eigenvalue weighted by atomic mass is 9.92. The average Bonchev–Trinajstić information content (AvgIpc) is 2.68. The van der Waals surface area contributed by atoms with Gasteiger partial charge in [-0.15, -0.1) is 0 Å². The lowest BCUT2D eigenvalue weighted by Gasteiger charge is -2.25. The molecular weight excluding hydrogens is 413 g/mol. The second kappa shape index (κ2) is 10.5. The van der Waals surface area contributed by atoms with Crippen LogP contribution in [0.15, 0.2) is 30.3 Å². The largest absolute Gasteiger partial charge is 0.496 e. The van der Waals surface area contributed by atoms with Crippen LogP contribution in [0.4, 0.5) is 9.18 Å². The monoisotopic (exact) mass is 445 g/mol. The molecule has 0 spiro atoms. The molecule has 174 valence electrons. The van der Waals surface area contributed by atoms with Crippen molar-refractivity contribution >= 4 is 12.1 Å². The quantitative estimate of drug-likeness (QED) is 0.559. The van der Waals surface area contributed by atoms with E-state index in [1.165, 1.54) is 0 Å². The Hall–Kier alpha value is -3.09. The molecule has 0 aliphatic rings. The molecule has 2 aromatic rings. The maximum atomic E-state index is 15.3. The predicted octanol–water partition coefficient (Wildman–Crippen LogP) is 5.64. The van der Waals surface area contributed by atoms with E-state index in [2.05, 4.69) is 5.32 Å². The van der Waals surface area contributed by atoms with Crippen molar-refractivity contribution in [2.45, 2.75) is 59.6 Å². The fourth-order valence-electron chi connectivity index (χ4n) is 3.45. The first-order chi connectivity index (χ1) is 15.0. The number of rotatable bonds is 7. The molecular formula is C25H32FNO5. The number of ether oxygens (including phenoxy) is 3. The maximum Gasteiger partial charge on any atom is 0.408 e. The number of halogens is 1. The average molecular weight is 446 g/mol. The molecule has 0 unspecified atom stereocenters. The van der Waals surface area contributed by atoms with Gasteiger partial charge in [-0.1, -0.05) is 12.1 Å². The number of carbonyl (C=O) groups excluding carboxylic acids is 2. The molecule has 7 heteroatoms. The van der Waals surface area contributed by atoms with Crippen molar-refractivity contribution in [1.82, 2.24) is 5.32 Å². The summed E-state index contributed by atoms with van der Waals surface area (Å²) < 4.78 is 31.2. The van der Waals surface area contributed by atoms with Gasteiger partial charge in [0.05, 0.1) is 26.2 Å². The Morgan fingerprint density at radius 3 is 2.41 bits per heavy atom. The number of hydrogen-bond acceptors (Lipinski definition) is 5. The molecule has 2 aromatic carbocycles. The fraction of sp³-hybridized carbons (Fsp3) is 0.440. The third-order valence-corrected chi connectivity index (χ3v) is 4.77. The van der Waals surface area contributed by atoms with E-state index in [1.54, 1.807) is 53.9 Å². The summed E-state index contributed by atoms with van der Waals surface area (Å²) in [6.07, 6.45) is -0.986. The zero-order valence-corrected chi connectivity index (χ0v) is 19.8. The molecule has 32 heavy (non-hydrogen) atoms.